The van der Waals surface area contributed by atoms with Crippen molar-refractivity contribution in [3.63, 3.8) is 0 Å². The third-order valence-corrected chi connectivity index (χ3v) is 2.39. The van der Waals surface area contributed by atoms with Crippen molar-refractivity contribution in [2.24, 2.45) is 0 Å². The molecule has 19 heavy (non-hydrogen) atoms. The number of carboxylic acid groups (broad SMARTS) is 1. The van der Waals surface area contributed by atoms with Gasteiger partial charge in [-0.3, -0.25) is 4.79 Å². The van der Waals surface area contributed by atoms with Crippen molar-refractivity contribution in [1.29, 1.82) is 0 Å². The summed E-state index contributed by atoms with van der Waals surface area (Å²) in [6.45, 7) is 0.116. The second kappa shape index (κ2) is 6.44. The molecule has 0 saturated heterocycles. The van der Waals surface area contributed by atoms with Crippen LogP contribution in [0, 0.1) is 0 Å². The molecule has 0 aliphatic rings. The lowest BCUT2D eigenvalue weighted by atomic mass is 10.3. The first-order chi connectivity index (χ1) is 9.25. The van der Waals surface area contributed by atoms with Gasteiger partial charge in [0.05, 0.1) is 13.0 Å². The van der Waals surface area contributed by atoms with Crippen LogP contribution in [0.15, 0.2) is 54.6 Å². The fourth-order valence-electron chi connectivity index (χ4n) is 1.52. The van der Waals surface area contributed by atoms with E-state index >= 15 is 0 Å². The number of carboxylic acids is 1. The Bertz CT molecular complexity index is 537. The average molecular weight is 258 g/mol. The van der Waals surface area contributed by atoms with E-state index in [1.165, 1.54) is 0 Å². The summed E-state index contributed by atoms with van der Waals surface area (Å²) in [6.07, 6.45) is -0.0420. The Morgan fingerprint density at radius 3 is 2.26 bits per heavy atom. The number of aliphatic carboxylic acids is 1. The molecule has 4 nitrogen and oxygen atoms in total. The van der Waals surface area contributed by atoms with Crippen molar-refractivity contribution in [3.8, 4) is 17.2 Å². The van der Waals surface area contributed by atoms with Gasteiger partial charge in [-0.15, -0.1) is 0 Å². The summed E-state index contributed by atoms with van der Waals surface area (Å²) in [5.41, 5.74) is 0. The highest BCUT2D eigenvalue weighted by atomic mass is 16.5. The first kappa shape index (κ1) is 13.0. The van der Waals surface area contributed by atoms with Crippen molar-refractivity contribution in [2.45, 2.75) is 6.42 Å². The molecular formula is C15H14O4. The van der Waals surface area contributed by atoms with E-state index in [4.69, 9.17) is 14.6 Å². The van der Waals surface area contributed by atoms with Gasteiger partial charge in [-0.25, -0.2) is 0 Å². The second-order valence-corrected chi connectivity index (χ2v) is 3.85. The fourth-order valence-corrected chi connectivity index (χ4v) is 1.52. The van der Waals surface area contributed by atoms with Gasteiger partial charge in [-0.05, 0) is 24.3 Å². The Hall–Kier alpha value is -2.49. The van der Waals surface area contributed by atoms with E-state index in [9.17, 15) is 4.79 Å². The van der Waals surface area contributed by atoms with Crippen LogP contribution < -0.4 is 9.47 Å². The maximum atomic E-state index is 10.5. The van der Waals surface area contributed by atoms with Crippen molar-refractivity contribution in [3.05, 3.63) is 54.6 Å². The summed E-state index contributed by atoms with van der Waals surface area (Å²) in [5, 5.41) is 8.58. The van der Waals surface area contributed by atoms with Gasteiger partial charge in [0.1, 0.15) is 5.75 Å². The highest BCUT2D eigenvalue weighted by Crippen LogP contribution is 2.31. The van der Waals surface area contributed by atoms with Crippen LogP contribution in [0.3, 0.4) is 0 Å². The molecule has 2 aromatic rings. The predicted octanol–water partition coefficient (Wildman–Crippen LogP) is 3.33. The van der Waals surface area contributed by atoms with Gasteiger partial charge in [0, 0.05) is 0 Å². The van der Waals surface area contributed by atoms with E-state index in [1.54, 1.807) is 12.1 Å². The van der Waals surface area contributed by atoms with Gasteiger partial charge in [0.15, 0.2) is 11.5 Å². The Labute approximate surface area is 111 Å². The van der Waals surface area contributed by atoms with Gasteiger partial charge in [-0.1, -0.05) is 30.3 Å². The molecule has 1 N–H and O–H groups in total. The Kier molecular flexibility index (Phi) is 4.39. The van der Waals surface area contributed by atoms with Crippen LogP contribution in [0.25, 0.3) is 0 Å². The fraction of sp³-hybridized carbons (Fsp3) is 0.133. The van der Waals surface area contributed by atoms with E-state index in [-0.39, 0.29) is 13.0 Å². The maximum absolute atomic E-state index is 10.5. The molecule has 98 valence electrons. The van der Waals surface area contributed by atoms with Gasteiger partial charge in [0.2, 0.25) is 0 Å². The monoisotopic (exact) mass is 258 g/mol. The lowest BCUT2D eigenvalue weighted by Gasteiger charge is -2.11. The van der Waals surface area contributed by atoms with Crippen LogP contribution in [0.5, 0.6) is 17.2 Å². The summed E-state index contributed by atoms with van der Waals surface area (Å²) >= 11 is 0. The minimum Gasteiger partial charge on any atom is -0.489 e. The van der Waals surface area contributed by atoms with E-state index in [2.05, 4.69) is 0 Å². The summed E-state index contributed by atoms with van der Waals surface area (Å²) in [4.78, 5) is 10.5. The summed E-state index contributed by atoms with van der Waals surface area (Å²) < 4.78 is 11.1. The van der Waals surface area contributed by atoms with Crippen LogP contribution in [0.1, 0.15) is 6.42 Å². The van der Waals surface area contributed by atoms with E-state index in [1.807, 2.05) is 42.5 Å². The molecule has 4 heteroatoms. The van der Waals surface area contributed by atoms with Gasteiger partial charge >= 0.3 is 5.97 Å². The molecule has 0 bridgehead atoms. The number of carbonyl (C=O) groups is 1. The molecule has 0 aliphatic heterocycles. The largest absolute Gasteiger partial charge is 0.489 e. The topological polar surface area (TPSA) is 55.8 Å². The van der Waals surface area contributed by atoms with Crippen LogP contribution >= 0.6 is 0 Å². The molecule has 0 unspecified atom stereocenters. The normalized spacial score (nSPS) is 9.89. The average Bonchev–Trinajstić information content (AvgIpc) is 2.41. The van der Waals surface area contributed by atoms with Crippen molar-refractivity contribution >= 4 is 5.97 Å². The van der Waals surface area contributed by atoms with Gasteiger partial charge in [-0.2, -0.15) is 0 Å². The molecule has 2 aromatic carbocycles. The van der Waals surface area contributed by atoms with Crippen LogP contribution in [0.2, 0.25) is 0 Å². The Morgan fingerprint density at radius 2 is 1.58 bits per heavy atom. The lowest BCUT2D eigenvalue weighted by molar-refractivity contribution is -0.137. The third kappa shape index (κ3) is 4.03. The number of hydrogen-bond acceptors (Lipinski definition) is 3. The molecule has 2 rings (SSSR count). The second-order valence-electron chi connectivity index (χ2n) is 3.85. The number of para-hydroxylation sites is 3. The first-order valence-corrected chi connectivity index (χ1v) is 5.92. The maximum Gasteiger partial charge on any atom is 0.306 e. The van der Waals surface area contributed by atoms with E-state index in [0.717, 1.165) is 0 Å². The molecular weight excluding hydrogens is 244 g/mol. The molecule has 0 spiro atoms. The third-order valence-electron chi connectivity index (χ3n) is 2.39. The highest BCUT2D eigenvalue weighted by Gasteiger charge is 2.06. The van der Waals surface area contributed by atoms with Gasteiger partial charge < -0.3 is 14.6 Å². The highest BCUT2D eigenvalue weighted by molar-refractivity contribution is 5.66. The van der Waals surface area contributed by atoms with Gasteiger partial charge in [0.25, 0.3) is 0 Å². The minimum atomic E-state index is -0.888. The lowest BCUT2D eigenvalue weighted by Crippen LogP contribution is -2.05. The van der Waals surface area contributed by atoms with Crippen molar-refractivity contribution < 1.29 is 19.4 Å². The molecule has 0 radical (unpaired) electrons. The van der Waals surface area contributed by atoms with Crippen LogP contribution in [0.4, 0.5) is 0 Å². The van der Waals surface area contributed by atoms with E-state index < -0.39 is 5.97 Å². The smallest absolute Gasteiger partial charge is 0.306 e. The quantitative estimate of drug-likeness (QED) is 0.863. The predicted molar refractivity (Wildman–Crippen MR) is 70.7 cm³/mol. The first-order valence-electron chi connectivity index (χ1n) is 5.92. The summed E-state index contributed by atoms with van der Waals surface area (Å²) in [6, 6.07) is 16.5. The Morgan fingerprint density at radius 1 is 0.947 bits per heavy atom. The molecule has 0 saturated carbocycles. The molecule has 0 fully saturated rings. The summed E-state index contributed by atoms with van der Waals surface area (Å²) in [7, 11) is 0. The number of ether oxygens (including phenoxy) is 2. The molecule has 0 aromatic heterocycles. The molecule has 0 aliphatic carbocycles. The van der Waals surface area contributed by atoms with Crippen molar-refractivity contribution in [1.82, 2.24) is 0 Å². The molecule has 0 heterocycles. The minimum absolute atomic E-state index is 0.0420. The van der Waals surface area contributed by atoms with E-state index in [0.29, 0.717) is 17.2 Å². The zero-order valence-corrected chi connectivity index (χ0v) is 10.3. The number of rotatable bonds is 6. The zero-order valence-electron chi connectivity index (χ0n) is 10.3. The van der Waals surface area contributed by atoms with Crippen LogP contribution in [-0.2, 0) is 4.79 Å². The SMILES string of the molecule is O=C(O)CCOc1ccccc1Oc1ccccc1. The van der Waals surface area contributed by atoms with Crippen molar-refractivity contribution in [2.75, 3.05) is 6.61 Å². The molecule has 0 amide bonds. The Balaban J connectivity index is 2.06. The summed E-state index contributed by atoms with van der Waals surface area (Å²) in [5.74, 6) is 0.921. The van der Waals surface area contributed by atoms with Crippen LogP contribution in [-0.4, -0.2) is 17.7 Å². The standard InChI is InChI=1S/C15H14O4/c16-15(17)10-11-18-13-8-4-5-9-14(13)19-12-6-2-1-3-7-12/h1-9H,10-11H2,(H,16,17). The number of benzene rings is 2. The zero-order chi connectivity index (χ0) is 13.5. The molecule has 0 atom stereocenters. The number of hydrogen-bond donors (Lipinski definition) is 1.